The van der Waals surface area contributed by atoms with Crippen LogP contribution >= 0.6 is 0 Å². The maximum Gasteiger partial charge on any atom is 0.311 e. The Labute approximate surface area is 132 Å². The molecule has 8 heteroatoms. The smallest absolute Gasteiger partial charge is 0.311 e. The lowest BCUT2D eigenvalue weighted by Crippen LogP contribution is -2.14. The first-order valence-electron chi connectivity index (χ1n) is 6.69. The monoisotopic (exact) mass is 316 g/mol. The first-order chi connectivity index (χ1) is 10.9. The molecule has 0 saturated heterocycles. The van der Waals surface area contributed by atoms with Gasteiger partial charge >= 0.3 is 5.69 Å². The third-order valence-corrected chi connectivity index (χ3v) is 3.14. The fraction of sp³-hybridized carbons (Fsp3) is 0.200. The molecule has 0 spiro atoms. The Hall–Kier alpha value is -3.16. The number of methoxy groups -OCH3 is 1. The van der Waals surface area contributed by atoms with Crippen molar-refractivity contribution in [1.29, 1.82) is 0 Å². The van der Waals surface area contributed by atoms with Crippen LogP contribution in [0.3, 0.4) is 0 Å². The van der Waals surface area contributed by atoms with Crippen molar-refractivity contribution in [1.82, 2.24) is 4.98 Å². The lowest BCUT2D eigenvalue weighted by molar-refractivity contribution is -0.385. The normalized spacial score (nSPS) is 10.0. The van der Waals surface area contributed by atoms with Gasteiger partial charge in [0.25, 0.3) is 5.91 Å². The summed E-state index contributed by atoms with van der Waals surface area (Å²) in [6.45, 7) is 0. The zero-order valence-corrected chi connectivity index (χ0v) is 12.9. The van der Waals surface area contributed by atoms with Crippen LogP contribution in [-0.2, 0) is 0 Å². The summed E-state index contributed by atoms with van der Waals surface area (Å²) in [6, 6.07) is 7.47. The highest BCUT2D eigenvalue weighted by atomic mass is 16.6. The molecule has 0 aliphatic heterocycles. The van der Waals surface area contributed by atoms with Crippen LogP contribution in [0, 0.1) is 10.1 Å². The number of aromatic nitrogens is 1. The van der Waals surface area contributed by atoms with Gasteiger partial charge in [0, 0.05) is 25.7 Å². The summed E-state index contributed by atoms with van der Waals surface area (Å²) in [7, 11) is 5.09. The summed E-state index contributed by atoms with van der Waals surface area (Å²) in [4.78, 5) is 28.6. The predicted octanol–water partition coefficient (Wildman–Crippen LogP) is 2.32. The second kappa shape index (κ2) is 6.73. The van der Waals surface area contributed by atoms with Gasteiger partial charge in [0.05, 0.1) is 23.9 Å². The molecule has 2 rings (SSSR count). The quantitative estimate of drug-likeness (QED) is 0.671. The molecule has 1 aromatic heterocycles. The van der Waals surface area contributed by atoms with Gasteiger partial charge in [-0.3, -0.25) is 14.9 Å². The van der Waals surface area contributed by atoms with Crippen LogP contribution in [0.4, 0.5) is 17.2 Å². The number of pyridine rings is 1. The number of carbonyl (C=O) groups is 1. The van der Waals surface area contributed by atoms with Crippen molar-refractivity contribution in [3.05, 3.63) is 52.2 Å². The molecule has 1 amide bonds. The van der Waals surface area contributed by atoms with E-state index in [4.69, 9.17) is 4.74 Å². The van der Waals surface area contributed by atoms with Crippen molar-refractivity contribution in [2.45, 2.75) is 0 Å². The van der Waals surface area contributed by atoms with E-state index in [1.807, 2.05) is 19.0 Å². The zero-order valence-electron chi connectivity index (χ0n) is 12.9. The minimum atomic E-state index is -0.597. The lowest BCUT2D eigenvalue weighted by atomic mass is 10.1. The van der Waals surface area contributed by atoms with Gasteiger partial charge in [-0.15, -0.1) is 0 Å². The highest BCUT2D eigenvalue weighted by molar-refractivity contribution is 6.04. The van der Waals surface area contributed by atoms with Crippen LogP contribution in [0.15, 0.2) is 36.5 Å². The molecule has 1 aromatic carbocycles. The van der Waals surface area contributed by atoms with E-state index in [0.29, 0.717) is 5.82 Å². The number of carbonyl (C=O) groups excluding carboxylic acids is 1. The molecule has 0 fully saturated rings. The van der Waals surface area contributed by atoms with E-state index in [1.54, 1.807) is 18.3 Å². The number of amides is 1. The summed E-state index contributed by atoms with van der Waals surface area (Å²) in [5, 5.41) is 13.6. The number of anilines is 2. The molecule has 1 N–H and O–H groups in total. The molecule has 0 bridgehead atoms. The molecular formula is C15H16N4O4. The van der Waals surface area contributed by atoms with Crippen LogP contribution in [0.25, 0.3) is 0 Å². The third kappa shape index (κ3) is 3.73. The van der Waals surface area contributed by atoms with Crippen LogP contribution in [-0.4, -0.2) is 37.0 Å². The van der Waals surface area contributed by atoms with E-state index >= 15 is 0 Å². The average molecular weight is 316 g/mol. The van der Waals surface area contributed by atoms with E-state index in [-0.39, 0.29) is 17.0 Å². The number of ether oxygens (including phenoxy) is 1. The topological polar surface area (TPSA) is 97.6 Å². The number of benzene rings is 1. The molecule has 8 nitrogen and oxygen atoms in total. The number of nitro benzene ring substituents is 1. The molecule has 2 aromatic rings. The van der Waals surface area contributed by atoms with Crippen molar-refractivity contribution in [2.75, 3.05) is 31.4 Å². The molecular weight excluding hydrogens is 300 g/mol. The molecule has 0 saturated carbocycles. The number of hydrogen-bond acceptors (Lipinski definition) is 6. The van der Waals surface area contributed by atoms with Gasteiger partial charge in [-0.05, 0) is 24.3 Å². The first kappa shape index (κ1) is 16.2. The minimum Gasteiger partial charge on any atom is -0.490 e. The molecule has 0 aliphatic carbocycles. The number of rotatable bonds is 5. The van der Waals surface area contributed by atoms with E-state index in [1.165, 1.54) is 25.3 Å². The second-order valence-corrected chi connectivity index (χ2v) is 4.89. The SMILES string of the molecule is COc1ccc(C(=O)Nc2ccc(N(C)C)cn2)cc1[N+](=O)[O-]. The Morgan fingerprint density at radius 2 is 2.04 bits per heavy atom. The van der Waals surface area contributed by atoms with Crippen molar-refractivity contribution in [3.8, 4) is 5.75 Å². The summed E-state index contributed by atoms with van der Waals surface area (Å²) < 4.78 is 4.90. The fourth-order valence-electron chi connectivity index (χ4n) is 1.89. The van der Waals surface area contributed by atoms with Crippen molar-refractivity contribution in [2.24, 2.45) is 0 Å². The Morgan fingerprint density at radius 3 is 2.57 bits per heavy atom. The lowest BCUT2D eigenvalue weighted by Gasteiger charge is -2.12. The van der Waals surface area contributed by atoms with E-state index < -0.39 is 10.8 Å². The molecule has 23 heavy (non-hydrogen) atoms. The number of nitro groups is 1. The van der Waals surface area contributed by atoms with E-state index in [9.17, 15) is 14.9 Å². The van der Waals surface area contributed by atoms with Crippen LogP contribution in [0.5, 0.6) is 5.75 Å². The van der Waals surface area contributed by atoms with Gasteiger partial charge < -0.3 is 15.0 Å². The third-order valence-electron chi connectivity index (χ3n) is 3.14. The average Bonchev–Trinajstić information content (AvgIpc) is 2.54. The van der Waals surface area contributed by atoms with Crippen molar-refractivity contribution >= 4 is 23.1 Å². The first-order valence-corrected chi connectivity index (χ1v) is 6.69. The Morgan fingerprint density at radius 1 is 1.30 bits per heavy atom. The maximum absolute atomic E-state index is 12.2. The minimum absolute atomic E-state index is 0.0972. The molecule has 1 heterocycles. The number of nitrogens with zero attached hydrogens (tertiary/aromatic N) is 3. The Kier molecular flexibility index (Phi) is 4.75. The summed E-state index contributed by atoms with van der Waals surface area (Å²) in [5.74, 6) is -0.0278. The van der Waals surface area contributed by atoms with Crippen molar-refractivity contribution < 1.29 is 14.5 Å². The van der Waals surface area contributed by atoms with E-state index in [0.717, 1.165) is 5.69 Å². The van der Waals surface area contributed by atoms with Crippen LogP contribution < -0.4 is 15.0 Å². The van der Waals surface area contributed by atoms with Crippen LogP contribution in [0.1, 0.15) is 10.4 Å². The van der Waals surface area contributed by atoms with Gasteiger partial charge in [-0.2, -0.15) is 0 Å². The number of hydrogen-bond donors (Lipinski definition) is 1. The Bertz CT molecular complexity index is 729. The predicted molar refractivity (Wildman–Crippen MR) is 86.2 cm³/mol. The van der Waals surface area contributed by atoms with Gasteiger partial charge in [0.2, 0.25) is 0 Å². The molecule has 0 radical (unpaired) electrons. The van der Waals surface area contributed by atoms with Gasteiger partial charge in [0.1, 0.15) is 5.82 Å². The molecule has 120 valence electrons. The fourth-order valence-corrected chi connectivity index (χ4v) is 1.89. The molecule has 0 atom stereocenters. The highest BCUT2D eigenvalue weighted by Gasteiger charge is 2.18. The maximum atomic E-state index is 12.2. The molecule has 0 unspecified atom stereocenters. The highest BCUT2D eigenvalue weighted by Crippen LogP contribution is 2.27. The van der Waals surface area contributed by atoms with Gasteiger partial charge in [-0.1, -0.05) is 0 Å². The summed E-state index contributed by atoms with van der Waals surface area (Å²) in [5.41, 5.74) is 0.773. The largest absolute Gasteiger partial charge is 0.490 e. The molecule has 0 aliphatic rings. The summed E-state index contributed by atoms with van der Waals surface area (Å²) in [6.07, 6.45) is 1.62. The van der Waals surface area contributed by atoms with Crippen LogP contribution in [0.2, 0.25) is 0 Å². The standard InChI is InChI=1S/C15H16N4O4/c1-18(2)11-5-7-14(16-9-11)17-15(20)10-4-6-13(23-3)12(8-10)19(21)22/h4-9H,1-3H3,(H,16,17,20). The van der Waals surface area contributed by atoms with E-state index in [2.05, 4.69) is 10.3 Å². The number of nitrogens with one attached hydrogen (secondary N) is 1. The van der Waals surface area contributed by atoms with Crippen molar-refractivity contribution in [3.63, 3.8) is 0 Å². The summed E-state index contributed by atoms with van der Waals surface area (Å²) >= 11 is 0. The van der Waals surface area contributed by atoms with Gasteiger partial charge in [-0.25, -0.2) is 4.98 Å². The second-order valence-electron chi connectivity index (χ2n) is 4.89. The Balaban J connectivity index is 2.20. The van der Waals surface area contributed by atoms with Gasteiger partial charge in [0.15, 0.2) is 5.75 Å². The zero-order chi connectivity index (χ0) is 17.0.